The summed E-state index contributed by atoms with van der Waals surface area (Å²) in [5.41, 5.74) is -0.0647. The van der Waals surface area contributed by atoms with E-state index in [-0.39, 0.29) is 0 Å². The summed E-state index contributed by atoms with van der Waals surface area (Å²) in [7, 11) is -0.609. The summed E-state index contributed by atoms with van der Waals surface area (Å²) in [4.78, 5) is 0. The van der Waals surface area contributed by atoms with Crippen molar-refractivity contribution in [2.75, 3.05) is 20.6 Å². The van der Waals surface area contributed by atoms with Gasteiger partial charge in [-0.05, 0) is 45.2 Å². The van der Waals surface area contributed by atoms with Crippen LogP contribution in [0.15, 0.2) is 30.3 Å². The van der Waals surface area contributed by atoms with Gasteiger partial charge in [0.25, 0.3) is 0 Å². The average molecular weight is 328 g/mol. The maximum absolute atomic E-state index is 12.3. The largest absolute Gasteiger partial charge is 0.388 e. The molecule has 0 amide bonds. The minimum Gasteiger partial charge on any atom is -0.388 e. The van der Waals surface area contributed by atoms with E-state index < -0.39 is 21.0 Å². The predicted octanol–water partition coefficient (Wildman–Crippen LogP) is 1.59. The molecule has 0 radical (unpaired) electrons. The smallest absolute Gasteiger partial charge is 0.232 e. The van der Waals surface area contributed by atoms with Gasteiger partial charge >= 0.3 is 0 Å². The van der Waals surface area contributed by atoms with E-state index in [1.54, 1.807) is 0 Å². The van der Waals surface area contributed by atoms with Crippen LogP contribution in [0.4, 0.5) is 0 Å². The van der Waals surface area contributed by atoms with Gasteiger partial charge in [-0.25, -0.2) is 12.7 Å². The van der Waals surface area contributed by atoms with Gasteiger partial charge in [-0.1, -0.05) is 30.3 Å². The summed E-state index contributed by atoms with van der Waals surface area (Å²) < 4.78 is 25.7. The number of benzene rings is 1. The zero-order chi connectivity index (χ0) is 16.8. The monoisotopic (exact) mass is 328 g/mol. The molecule has 1 aromatic carbocycles. The Balaban J connectivity index is 2.49. The fourth-order valence-electron chi connectivity index (χ4n) is 2.26. The molecule has 0 fully saturated rings. The van der Waals surface area contributed by atoms with Crippen LogP contribution in [0.1, 0.15) is 32.3 Å². The molecule has 126 valence electrons. The number of nitrogens with one attached hydrogen (secondary N) is 1. The van der Waals surface area contributed by atoms with Crippen LogP contribution >= 0.6 is 0 Å². The van der Waals surface area contributed by atoms with E-state index in [4.69, 9.17) is 0 Å². The topological polar surface area (TPSA) is 69.6 Å². The van der Waals surface area contributed by atoms with Gasteiger partial charge in [0, 0.05) is 14.1 Å². The molecule has 22 heavy (non-hydrogen) atoms. The molecule has 0 spiro atoms. The van der Waals surface area contributed by atoms with Gasteiger partial charge in [-0.2, -0.15) is 0 Å². The lowest BCUT2D eigenvalue weighted by Crippen LogP contribution is -2.55. The number of nitrogens with zero attached hydrogens (tertiary/aromatic N) is 1. The summed E-state index contributed by atoms with van der Waals surface area (Å²) in [5.74, 6) is 0. The van der Waals surface area contributed by atoms with Crippen molar-refractivity contribution in [3.05, 3.63) is 35.9 Å². The summed E-state index contributed by atoms with van der Waals surface area (Å²) in [6.07, 6.45) is 2.79. The zero-order valence-corrected chi connectivity index (χ0v) is 14.7. The van der Waals surface area contributed by atoms with Gasteiger partial charge < -0.3 is 5.11 Å². The fourth-order valence-corrected chi connectivity index (χ4v) is 3.74. The van der Waals surface area contributed by atoms with E-state index >= 15 is 0 Å². The first kappa shape index (κ1) is 19.1. The van der Waals surface area contributed by atoms with Crippen molar-refractivity contribution in [2.45, 2.75) is 44.1 Å². The van der Waals surface area contributed by atoms with Crippen molar-refractivity contribution >= 4 is 10.0 Å². The van der Waals surface area contributed by atoms with Gasteiger partial charge in [-0.15, -0.1) is 0 Å². The van der Waals surface area contributed by atoms with Crippen molar-refractivity contribution in [1.82, 2.24) is 9.62 Å². The Labute approximate surface area is 134 Å². The first-order valence-electron chi connectivity index (χ1n) is 7.56. The number of unbranched alkanes of at least 4 members (excludes halogenated alkanes) is 1. The van der Waals surface area contributed by atoms with Crippen molar-refractivity contribution in [3.63, 3.8) is 0 Å². The second kappa shape index (κ2) is 8.06. The Kier molecular flexibility index (Phi) is 6.99. The van der Waals surface area contributed by atoms with Crippen LogP contribution in [-0.4, -0.2) is 49.4 Å². The highest BCUT2D eigenvalue weighted by atomic mass is 32.2. The molecule has 0 aliphatic rings. The van der Waals surface area contributed by atoms with Crippen LogP contribution < -0.4 is 5.32 Å². The third-order valence-electron chi connectivity index (χ3n) is 3.51. The Hall–Kier alpha value is -0.950. The number of hydrogen-bond donors (Lipinski definition) is 2. The lowest BCUT2D eigenvalue weighted by Gasteiger charge is -2.32. The molecule has 0 unspecified atom stereocenters. The standard InChI is InChI=1S/C16H28N2O3S/c1-16(2,19)15(22(20,21)18(3)4)17-13-9-8-12-14-10-6-5-7-11-14/h5-7,10-11,15,17,19H,8-9,12-13H2,1-4H3/t15-/m0/s1. The van der Waals surface area contributed by atoms with E-state index in [0.29, 0.717) is 6.54 Å². The molecule has 0 aliphatic carbocycles. The Morgan fingerprint density at radius 1 is 1.18 bits per heavy atom. The highest BCUT2D eigenvalue weighted by Crippen LogP contribution is 2.17. The molecule has 0 saturated heterocycles. The zero-order valence-electron chi connectivity index (χ0n) is 13.9. The highest BCUT2D eigenvalue weighted by molar-refractivity contribution is 7.89. The van der Waals surface area contributed by atoms with Gasteiger partial charge in [0.2, 0.25) is 10.0 Å². The summed E-state index contributed by atoms with van der Waals surface area (Å²) >= 11 is 0. The predicted molar refractivity (Wildman–Crippen MR) is 90.1 cm³/mol. The van der Waals surface area contributed by atoms with E-state index in [2.05, 4.69) is 17.4 Å². The third kappa shape index (κ3) is 5.68. The fraction of sp³-hybridized carbons (Fsp3) is 0.625. The van der Waals surface area contributed by atoms with E-state index in [1.807, 2.05) is 18.2 Å². The maximum atomic E-state index is 12.3. The quantitative estimate of drug-likeness (QED) is 0.676. The van der Waals surface area contributed by atoms with Crippen LogP contribution in [0.2, 0.25) is 0 Å². The number of hydrogen-bond acceptors (Lipinski definition) is 4. The Bertz CT molecular complexity index is 536. The molecule has 1 atom stereocenters. The van der Waals surface area contributed by atoms with E-state index in [1.165, 1.54) is 33.5 Å². The number of sulfonamides is 1. The van der Waals surface area contributed by atoms with Crippen molar-refractivity contribution in [3.8, 4) is 0 Å². The molecular formula is C16H28N2O3S. The average Bonchev–Trinajstić information content (AvgIpc) is 2.42. The SMILES string of the molecule is CN(C)S(=O)(=O)[C@H](NCCCCc1ccccc1)C(C)(C)O. The van der Waals surface area contributed by atoms with Gasteiger partial charge in [-0.3, -0.25) is 5.32 Å². The minimum absolute atomic E-state index is 0.550. The van der Waals surface area contributed by atoms with Crippen LogP contribution in [-0.2, 0) is 16.4 Å². The number of aryl methyl sites for hydroxylation is 1. The number of aliphatic hydroxyl groups is 1. The molecule has 0 heterocycles. The van der Waals surface area contributed by atoms with Gasteiger partial charge in [0.15, 0.2) is 5.37 Å². The molecule has 0 saturated carbocycles. The van der Waals surface area contributed by atoms with Crippen LogP contribution in [0.25, 0.3) is 0 Å². The lowest BCUT2D eigenvalue weighted by atomic mass is 10.1. The molecule has 2 N–H and O–H groups in total. The molecule has 6 heteroatoms. The molecule has 1 rings (SSSR count). The summed E-state index contributed by atoms with van der Waals surface area (Å²) in [6.45, 7) is 3.57. The third-order valence-corrected chi connectivity index (χ3v) is 5.87. The number of rotatable bonds is 9. The molecule has 5 nitrogen and oxygen atoms in total. The van der Waals surface area contributed by atoms with Gasteiger partial charge in [0.05, 0.1) is 5.60 Å². The van der Waals surface area contributed by atoms with E-state index in [0.717, 1.165) is 23.6 Å². The van der Waals surface area contributed by atoms with Crippen molar-refractivity contribution < 1.29 is 13.5 Å². The first-order valence-corrected chi connectivity index (χ1v) is 9.07. The molecule has 0 bridgehead atoms. The highest BCUT2D eigenvalue weighted by Gasteiger charge is 2.38. The van der Waals surface area contributed by atoms with Crippen LogP contribution in [0, 0.1) is 0 Å². The maximum Gasteiger partial charge on any atom is 0.232 e. The normalized spacial score (nSPS) is 14.3. The molecule has 0 aromatic heterocycles. The Morgan fingerprint density at radius 2 is 1.77 bits per heavy atom. The van der Waals surface area contributed by atoms with Gasteiger partial charge in [0.1, 0.15) is 0 Å². The van der Waals surface area contributed by atoms with Crippen LogP contribution in [0.3, 0.4) is 0 Å². The molecular weight excluding hydrogens is 300 g/mol. The summed E-state index contributed by atoms with van der Waals surface area (Å²) in [6, 6.07) is 10.2. The van der Waals surface area contributed by atoms with Crippen molar-refractivity contribution in [1.29, 1.82) is 0 Å². The Morgan fingerprint density at radius 3 is 2.27 bits per heavy atom. The minimum atomic E-state index is -3.56. The first-order chi connectivity index (χ1) is 10.2. The van der Waals surface area contributed by atoms with Crippen molar-refractivity contribution in [2.24, 2.45) is 0 Å². The lowest BCUT2D eigenvalue weighted by molar-refractivity contribution is 0.0633. The van der Waals surface area contributed by atoms with E-state index in [9.17, 15) is 13.5 Å². The molecule has 0 aliphatic heterocycles. The van der Waals surface area contributed by atoms with Crippen LogP contribution in [0.5, 0.6) is 0 Å². The summed E-state index contributed by atoms with van der Waals surface area (Å²) in [5, 5.41) is 12.1. The second-order valence-electron chi connectivity index (χ2n) is 6.26. The molecule has 1 aromatic rings. The second-order valence-corrected chi connectivity index (χ2v) is 8.49.